The standard InChI is InChI=1S/C35H32N4O5S2/c1-4-29(34(42)39-35-38-26-17-8-9-19-30(26)46-35)45-25-16-11-15-24(21-25)36-33(41)27(37-32(40)22-12-6-5-7-13-22)20-23-14-10-18-28(43-2)31(23)44-3/h5-21,29H,4H2,1-3H3,(H,36,41)(H,37,40)(H,38,39,42)/b27-20+. The van der Waals surface area contributed by atoms with Gasteiger partial charge in [0.2, 0.25) is 5.91 Å². The summed E-state index contributed by atoms with van der Waals surface area (Å²) in [6.45, 7) is 1.95. The summed E-state index contributed by atoms with van der Waals surface area (Å²) in [5.74, 6) is -0.248. The van der Waals surface area contributed by atoms with Crippen molar-refractivity contribution in [3.8, 4) is 11.5 Å². The van der Waals surface area contributed by atoms with Crippen molar-refractivity contribution in [2.45, 2.75) is 23.5 Å². The first-order valence-corrected chi connectivity index (χ1v) is 16.1. The van der Waals surface area contributed by atoms with Crippen LogP contribution >= 0.6 is 23.1 Å². The SMILES string of the molecule is CCC(Sc1cccc(NC(=O)/C(=C\c2cccc(OC)c2OC)NC(=O)c2ccccc2)c1)C(=O)Nc1nc2ccccc2s1. The van der Waals surface area contributed by atoms with Gasteiger partial charge >= 0.3 is 0 Å². The lowest BCUT2D eigenvalue weighted by atomic mass is 10.1. The van der Waals surface area contributed by atoms with Gasteiger partial charge in [0.15, 0.2) is 16.6 Å². The number of thiazole rings is 1. The van der Waals surface area contributed by atoms with Crippen LogP contribution in [0.15, 0.2) is 108 Å². The summed E-state index contributed by atoms with van der Waals surface area (Å²) in [5.41, 5.74) is 2.26. The van der Waals surface area contributed by atoms with Gasteiger partial charge in [-0.05, 0) is 61.0 Å². The minimum absolute atomic E-state index is 0.000101. The fourth-order valence-electron chi connectivity index (χ4n) is 4.57. The summed E-state index contributed by atoms with van der Waals surface area (Å²) in [6.07, 6.45) is 2.12. The van der Waals surface area contributed by atoms with Crippen molar-refractivity contribution < 1.29 is 23.9 Å². The maximum Gasteiger partial charge on any atom is 0.272 e. The van der Waals surface area contributed by atoms with Crippen LogP contribution in [0.25, 0.3) is 16.3 Å². The zero-order valence-electron chi connectivity index (χ0n) is 25.4. The number of benzene rings is 4. The van der Waals surface area contributed by atoms with Crippen LogP contribution in [-0.2, 0) is 9.59 Å². The molecule has 1 heterocycles. The van der Waals surface area contributed by atoms with Gasteiger partial charge in [0.1, 0.15) is 5.70 Å². The Bertz CT molecular complexity index is 1860. The molecule has 3 amide bonds. The molecule has 5 aromatic rings. The highest BCUT2D eigenvalue weighted by atomic mass is 32.2. The molecule has 0 saturated heterocycles. The molecule has 46 heavy (non-hydrogen) atoms. The van der Waals surface area contributed by atoms with E-state index in [2.05, 4.69) is 20.9 Å². The summed E-state index contributed by atoms with van der Waals surface area (Å²) in [7, 11) is 3.03. The lowest BCUT2D eigenvalue weighted by Crippen LogP contribution is -2.30. The maximum atomic E-state index is 13.7. The average Bonchev–Trinajstić information content (AvgIpc) is 3.49. The van der Waals surface area contributed by atoms with Crippen molar-refractivity contribution in [2.75, 3.05) is 24.9 Å². The molecular formula is C35H32N4O5S2. The van der Waals surface area contributed by atoms with Crippen molar-refractivity contribution in [2.24, 2.45) is 0 Å². The Morgan fingerprint density at radius 2 is 1.65 bits per heavy atom. The van der Waals surface area contributed by atoms with Gasteiger partial charge in [0, 0.05) is 21.7 Å². The molecule has 1 unspecified atom stereocenters. The van der Waals surface area contributed by atoms with Gasteiger partial charge in [-0.1, -0.05) is 66.8 Å². The van der Waals surface area contributed by atoms with Crippen LogP contribution in [0.5, 0.6) is 11.5 Å². The molecule has 3 N–H and O–H groups in total. The summed E-state index contributed by atoms with van der Waals surface area (Å²) in [5, 5.41) is 8.74. The van der Waals surface area contributed by atoms with Crippen LogP contribution < -0.4 is 25.4 Å². The van der Waals surface area contributed by atoms with Gasteiger partial charge in [0.05, 0.1) is 29.7 Å². The third kappa shape index (κ3) is 7.92. The molecule has 11 heteroatoms. The Morgan fingerprint density at radius 3 is 2.39 bits per heavy atom. The number of nitrogens with one attached hydrogen (secondary N) is 3. The number of aromatic nitrogens is 1. The highest BCUT2D eigenvalue weighted by Crippen LogP contribution is 2.33. The molecule has 0 spiro atoms. The van der Waals surface area contributed by atoms with Crippen LogP contribution in [0, 0.1) is 0 Å². The first kappa shape index (κ1) is 32.3. The van der Waals surface area contributed by atoms with Crippen LogP contribution in [0.4, 0.5) is 10.8 Å². The first-order valence-electron chi connectivity index (χ1n) is 14.4. The molecule has 0 bridgehead atoms. The lowest BCUT2D eigenvalue weighted by Gasteiger charge is -2.15. The molecule has 0 fully saturated rings. The van der Waals surface area contributed by atoms with Gasteiger partial charge in [-0.25, -0.2) is 4.98 Å². The van der Waals surface area contributed by atoms with Crippen molar-refractivity contribution in [3.05, 3.63) is 114 Å². The maximum absolute atomic E-state index is 13.7. The first-order chi connectivity index (χ1) is 22.4. The summed E-state index contributed by atoms with van der Waals surface area (Å²) in [6, 6.07) is 28.8. The Morgan fingerprint density at radius 1 is 0.891 bits per heavy atom. The topological polar surface area (TPSA) is 119 Å². The molecule has 0 saturated carbocycles. The average molecular weight is 653 g/mol. The predicted molar refractivity (Wildman–Crippen MR) is 185 cm³/mol. The molecule has 1 aromatic heterocycles. The van der Waals surface area contributed by atoms with Crippen molar-refractivity contribution in [3.63, 3.8) is 0 Å². The molecular weight excluding hydrogens is 621 g/mol. The molecule has 4 aromatic carbocycles. The number of fused-ring (bicyclic) bond motifs is 1. The number of thioether (sulfide) groups is 1. The summed E-state index contributed by atoms with van der Waals surface area (Å²) < 4.78 is 11.9. The number of carbonyl (C=O) groups excluding carboxylic acids is 3. The minimum atomic E-state index is -0.545. The van der Waals surface area contributed by atoms with E-state index < -0.39 is 11.8 Å². The molecule has 0 radical (unpaired) electrons. The number of anilines is 2. The molecule has 0 aliphatic carbocycles. The van der Waals surface area contributed by atoms with E-state index in [1.54, 1.807) is 66.7 Å². The second-order valence-electron chi connectivity index (χ2n) is 9.93. The number of nitrogens with zero attached hydrogens (tertiary/aromatic N) is 1. The molecule has 1 atom stereocenters. The number of ether oxygens (including phenoxy) is 2. The molecule has 0 aliphatic rings. The van der Waals surface area contributed by atoms with E-state index in [-0.39, 0.29) is 16.9 Å². The van der Waals surface area contributed by atoms with E-state index in [4.69, 9.17) is 9.47 Å². The Kier molecular flexibility index (Phi) is 10.7. The third-order valence-electron chi connectivity index (χ3n) is 6.82. The smallest absolute Gasteiger partial charge is 0.272 e. The number of hydrogen-bond acceptors (Lipinski definition) is 8. The second kappa shape index (κ2) is 15.2. The molecule has 0 aliphatic heterocycles. The highest BCUT2D eigenvalue weighted by molar-refractivity contribution is 8.00. The lowest BCUT2D eigenvalue weighted by molar-refractivity contribution is -0.116. The van der Waals surface area contributed by atoms with Gasteiger partial charge in [0.25, 0.3) is 11.8 Å². The monoisotopic (exact) mass is 652 g/mol. The van der Waals surface area contributed by atoms with E-state index in [1.165, 1.54) is 43.4 Å². The number of rotatable bonds is 12. The Balaban J connectivity index is 1.34. The predicted octanol–water partition coefficient (Wildman–Crippen LogP) is 7.23. The minimum Gasteiger partial charge on any atom is -0.493 e. The van der Waals surface area contributed by atoms with Crippen LogP contribution in [0.2, 0.25) is 0 Å². The number of methoxy groups -OCH3 is 2. The van der Waals surface area contributed by atoms with Crippen LogP contribution in [0.1, 0.15) is 29.3 Å². The molecule has 5 rings (SSSR count). The van der Waals surface area contributed by atoms with E-state index in [1.807, 2.05) is 37.3 Å². The van der Waals surface area contributed by atoms with E-state index in [9.17, 15) is 14.4 Å². The van der Waals surface area contributed by atoms with Crippen LogP contribution in [-0.4, -0.2) is 42.2 Å². The summed E-state index contributed by atoms with van der Waals surface area (Å²) in [4.78, 5) is 45.2. The molecule has 234 valence electrons. The fourth-order valence-corrected chi connectivity index (χ4v) is 6.45. The van der Waals surface area contributed by atoms with E-state index in [0.717, 1.165) is 15.1 Å². The van der Waals surface area contributed by atoms with Gasteiger partial charge in [-0.2, -0.15) is 0 Å². The third-order valence-corrected chi connectivity index (χ3v) is 9.13. The zero-order valence-corrected chi connectivity index (χ0v) is 27.0. The Hall–Kier alpha value is -5.13. The van der Waals surface area contributed by atoms with E-state index in [0.29, 0.717) is 39.9 Å². The van der Waals surface area contributed by atoms with E-state index >= 15 is 0 Å². The van der Waals surface area contributed by atoms with Gasteiger partial charge in [-0.3, -0.25) is 14.4 Å². The quantitative estimate of drug-likeness (QED) is 0.0961. The Labute approximate surface area is 275 Å². The number of para-hydroxylation sites is 2. The van der Waals surface area contributed by atoms with Gasteiger partial charge < -0.3 is 25.4 Å². The fraction of sp³-hybridized carbons (Fsp3) is 0.143. The summed E-state index contributed by atoms with van der Waals surface area (Å²) >= 11 is 2.82. The van der Waals surface area contributed by atoms with Gasteiger partial charge in [-0.15, -0.1) is 11.8 Å². The van der Waals surface area contributed by atoms with Crippen LogP contribution in [0.3, 0.4) is 0 Å². The van der Waals surface area contributed by atoms with Crippen molar-refractivity contribution >= 4 is 67.9 Å². The molecule has 9 nitrogen and oxygen atoms in total. The number of hydrogen-bond donors (Lipinski definition) is 3. The second-order valence-corrected chi connectivity index (χ2v) is 12.2. The number of carbonyl (C=O) groups is 3. The normalized spacial score (nSPS) is 11.8. The van der Waals surface area contributed by atoms with Crippen molar-refractivity contribution in [1.82, 2.24) is 10.3 Å². The van der Waals surface area contributed by atoms with Crippen molar-refractivity contribution in [1.29, 1.82) is 0 Å². The number of amides is 3. The highest BCUT2D eigenvalue weighted by Gasteiger charge is 2.21. The zero-order chi connectivity index (χ0) is 32.5. The largest absolute Gasteiger partial charge is 0.493 e.